The van der Waals surface area contributed by atoms with Crippen LogP contribution in [0.4, 0.5) is 10.1 Å². The number of carbonyl (C=O) groups is 1. The maximum absolute atomic E-state index is 13.4. The van der Waals surface area contributed by atoms with E-state index in [-0.39, 0.29) is 11.7 Å². The number of amides is 1. The van der Waals surface area contributed by atoms with E-state index in [1.165, 1.54) is 17.8 Å². The van der Waals surface area contributed by atoms with E-state index in [9.17, 15) is 9.18 Å². The third-order valence-corrected chi connectivity index (χ3v) is 5.54. The van der Waals surface area contributed by atoms with Crippen molar-refractivity contribution in [1.29, 1.82) is 0 Å². The fraction of sp³-hybridized carbons (Fsp3) is 0.391. The van der Waals surface area contributed by atoms with Crippen molar-refractivity contribution in [3.8, 4) is 11.4 Å². The van der Waals surface area contributed by atoms with Crippen LogP contribution < -0.4 is 4.90 Å². The highest BCUT2D eigenvalue weighted by molar-refractivity contribution is 5.76. The summed E-state index contributed by atoms with van der Waals surface area (Å²) in [6.07, 6.45) is 3.55. The monoisotopic (exact) mass is 423 g/mol. The third-order valence-electron chi connectivity index (χ3n) is 5.54. The van der Waals surface area contributed by atoms with Gasteiger partial charge in [-0.3, -0.25) is 9.78 Å². The maximum atomic E-state index is 13.4. The normalized spacial score (nSPS) is 14.3. The highest BCUT2D eigenvalue weighted by Crippen LogP contribution is 2.21. The highest BCUT2D eigenvalue weighted by atomic mass is 19.1. The molecule has 1 saturated heterocycles. The Labute approximate surface area is 180 Å². The van der Waals surface area contributed by atoms with Gasteiger partial charge in [0.05, 0.1) is 18.1 Å². The van der Waals surface area contributed by atoms with Gasteiger partial charge in [-0.1, -0.05) is 43.3 Å². The Morgan fingerprint density at radius 1 is 1.13 bits per heavy atom. The Morgan fingerprint density at radius 3 is 2.55 bits per heavy atom. The molecule has 0 N–H and O–H groups in total. The van der Waals surface area contributed by atoms with Gasteiger partial charge in [0.15, 0.2) is 0 Å². The van der Waals surface area contributed by atoms with Crippen LogP contribution >= 0.6 is 0 Å². The summed E-state index contributed by atoms with van der Waals surface area (Å²) in [7, 11) is 0. The smallest absolute Gasteiger partial charge is 0.227 e. The van der Waals surface area contributed by atoms with E-state index in [1.807, 2.05) is 21.9 Å². The molecular formula is C23H26FN5O2. The summed E-state index contributed by atoms with van der Waals surface area (Å²) in [6, 6.07) is 9.58. The fourth-order valence-corrected chi connectivity index (χ4v) is 3.65. The second-order valence-corrected chi connectivity index (χ2v) is 8.02. The van der Waals surface area contributed by atoms with E-state index < -0.39 is 0 Å². The van der Waals surface area contributed by atoms with E-state index in [0.717, 1.165) is 11.3 Å². The minimum Gasteiger partial charge on any atom is -0.367 e. The van der Waals surface area contributed by atoms with Crippen molar-refractivity contribution in [1.82, 2.24) is 20.0 Å². The summed E-state index contributed by atoms with van der Waals surface area (Å²) < 4.78 is 18.7. The van der Waals surface area contributed by atoms with Crippen LogP contribution in [0.1, 0.15) is 37.6 Å². The largest absolute Gasteiger partial charge is 0.367 e. The Hall–Kier alpha value is -3.29. The number of hydrogen-bond acceptors (Lipinski definition) is 6. The van der Waals surface area contributed by atoms with Crippen LogP contribution in [0, 0.1) is 5.82 Å². The number of halogens is 1. The van der Waals surface area contributed by atoms with E-state index in [0.29, 0.717) is 56.7 Å². The molecule has 3 heterocycles. The molecule has 3 aromatic rings. The van der Waals surface area contributed by atoms with Gasteiger partial charge in [0, 0.05) is 50.7 Å². The van der Waals surface area contributed by atoms with Crippen molar-refractivity contribution >= 4 is 11.6 Å². The molecule has 2 aromatic heterocycles. The molecule has 1 amide bonds. The zero-order valence-corrected chi connectivity index (χ0v) is 17.8. The molecule has 1 fully saturated rings. The van der Waals surface area contributed by atoms with Gasteiger partial charge in [0.25, 0.3) is 0 Å². The Morgan fingerprint density at radius 2 is 1.87 bits per heavy atom. The molecule has 0 unspecified atom stereocenters. The number of hydrogen-bond donors (Lipinski definition) is 0. The zero-order chi connectivity index (χ0) is 21.8. The van der Waals surface area contributed by atoms with Crippen LogP contribution in [0.2, 0.25) is 0 Å². The Kier molecular flexibility index (Phi) is 6.25. The van der Waals surface area contributed by atoms with Crippen LogP contribution in [0.15, 0.2) is 47.2 Å². The summed E-state index contributed by atoms with van der Waals surface area (Å²) >= 11 is 0. The molecule has 0 saturated carbocycles. The molecule has 4 rings (SSSR count). The summed E-state index contributed by atoms with van der Waals surface area (Å²) in [5.41, 5.74) is 2.90. The van der Waals surface area contributed by atoms with Gasteiger partial charge >= 0.3 is 0 Å². The van der Waals surface area contributed by atoms with Gasteiger partial charge in [-0.2, -0.15) is 4.98 Å². The summed E-state index contributed by atoms with van der Waals surface area (Å²) in [5.74, 6) is 1.16. The van der Waals surface area contributed by atoms with Gasteiger partial charge < -0.3 is 14.3 Å². The van der Waals surface area contributed by atoms with Crippen molar-refractivity contribution in [2.75, 3.05) is 31.1 Å². The first-order chi connectivity index (χ1) is 15.0. The van der Waals surface area contributed by atoms with Crippen molar-refractivity contribution in [3.05, 3.63) is 60.0 Å². The molecular weight excluding hydrogens is 397 g/mol. The molecule has 0 radical (unpaired) electrons. The fourth-order valence-electron chi connectivity index (χ4n) is 3.65. The number of aromatic nitrogens is 3. The van der Waals surface area contributed by atoms with Gasteiger partial charge in [-0.15, -0.1) is 0 Å². The average Bonchev–Trinajstić information content (AvgIpc) is 3.27. The van der Waals surface area contributed by atoms with Gasteiger partial charge in [-0.25, -0.2) is 4.39 Å². The topological polar surface area (TPSA) is 75.4 Å². The highest BCUT2D eigenvalue weighted by Gasteiger charge is 2.22. The van der Waals surface area contributed by atoms with Gasteiger partial charge in [-0.05, 0) is 11.5 Å². The van der Waals surface area contributed by atoms with Gasteiger partial charge in [0.1, 0.15) is 5.82 Å². The second-order valence-electron chi connectivity index (χ2n) is 8.02. The minimum absolute atomic E-state index is 0.0538. The molecule has 7 nitrogen and oxygen atoms in total. The first-order valence-electron chi connectivity index (χ1n) is 10.6. The lowest BCUT2D eigenvalue weighted by Gasteiger charge is -2.36. The quantitative estimate of drug-likeness (QED) is 0.602. The molecule has 0 spiro atoms. The standard InChI is InChI=1S/C23H26FN5O2/c1-16(2)17-3-5-18(6-4-17)23-26-21(31-27-23)7-8-22(30)29-11-9-28(10-12-29)20-13-19(24)14-25-15-20/h3-6,13-16H,7-12H2,1-2H3. The van der Waals surface area contributed by atoms with E-state index in [4.69, 9.17) is 4.52 Å². The SMILES string of the molecule is CC(C)c1ccc(-c2noc(CCC(=O)N3CCN(c4cncc(F)c4)CC3)n2)cc1. The summed E-state index contributed by atoms with van der Waals surface area (Å²) in [6.45, 7) is 6.77. The first kappa shape index (κ1) is 21.0. The number of rotatable bonds is 6. The molecule has 0 aliphatic carbocycles. The predicted octanol–water partition coefficient (Wildman–Crippen LogP) is 3.68. The van der Waals surface area contributed by atoms with E-state index >= 15 is 0 Å². The van der Waals surface area contributed by atoms with Crippen molar-refractivity contribution < 1.29 is 13.7 Å². The molecule has 0 bridgehead atoms. The molecule has 31 heavy (non-hydrogen) atoms. The van der Waals surface area contributed by atoms with Crippen LogP contribution in [-0.2, 0) is 11.2 Å². The number of carbonyl (C=O) groups excluding carboxylic acids is 1. The number of pyridine rings is 1. The number of anilines is 1. The van der Waals surface area contributed by atoms with Crippen LogP contribution in [0.3, 0.4) is 0 Å². The molecule has 1 aliphatic rings. The Bertz CT molecular complexity index is 1030. The third kappa shape index (κ3) is 5.07. The predicted molar refractivity (Wildman–Crippen MR) is 115 cm³/mol. The van der Waals surface area contributed by atoms with Crippen molar-refractivity contribution in [2.24, 2.45) is 0 Å². The lowest BCUT2D eigenvalue weighted by atomic mass is 10.0. The van der Waals surface area contributed by atoms with Crippen molar-refractivity contribution in [2.45, 2.75) is 32.6 Å². The van der Waals surface area contributed by atoms with E-state index in [1.54, 1.807) is 6.20 Å². The molecule has 1 aromatic carbocycles. The molecule has 1 aliphatic heterocycles. The maximum Gasteiger partial charge on any atom is 0.227 e. The number of piperazine rings is 1. The van der Waals surface area contributed by atoms with Crippen LogP contribution in [0.5, 0.6) is 0 Å². The van der Waals surface area contributed by atoms with E-state index in [2.05, 4.69) is 41.1 Å². The average molecular weight is 423 g/mol. The second kappa shape index (κ2) is 9.24. The molecule has 8 heteroatoms. The Balaban J connectivity index is 1.28. The van der Waals surface area contributed by atoms with Crippen LogP contribution in [-0.4, -0.2) is 52.1 Å². The zero-order valence-electron chi connectivity index (χ0n) is 17.8. The van der Waals surface area contributed by atoms with Crippen molar-refractivity contribution in [3.63, 3.8) is 0 Å². The summed E-state index contributed by atoms with van der Waals surface area (Å²) in [4.78, 5) is 24.8. The molecule has 162 valence electrons. The number of benzene rings is 1. The van der Waals surface area contributed by atoms with Crippen LogP contribution in [0.25, 0.3) is 11.4 Å². The van der Waals surface area contributed by atoms with Gasteiger partial charge in [0.2, 0.25) is 17.6 Å². The number of aryl methyl sites for hydroxylation is 1. The minimum atomic E-state index is -0.356. The summed E-state index contributed by atoms with van der Waals surface area (Å²) in [5, 5.41) is 4.05. The number of nitrogens with zero attached hydrogens (tertiary/aromatic N) is 5. The lowest BCUT2D eigenvalue weighted by molar-refractivity contribution is -0.131. The lowest BCUT2D eigenvalue weighted by Crippen LogP contribution is -2.48. The first-order valence-corrected chi connectivity index (χ1v) is 10.6. The molecule has 0 atom stereocenters.